The molecule has 0 atom stereocenters. The normalized spacial score (nSPS) is 12.4. The number of carbonyl (C=O) groups excluding carboxylic acids is 1. The van der Waals surface area contributed by atoms with Crippen LogP contribution in [0, 0.1) is 5.82 Å². The third-order valence-corrected chi connectivity index (χ3v) is 4.20. The van der Waals surface area contributed by atoms with E-state index in [0.717, 1.165) is 15.2 Å². The van der Waals surface area contributed by atoms with Crippen LogP contribution >= 0.6 is 0 Å². The Balaban J connectivity index is 2.31. The van der Waals surface area contributed by atoms with Crippen molar-refractivity contribution in [3.05, 3.63) is 64.0 Å². The van der Waals surface area contributed by atoms with Crippen molar-refractivity contribution in [2.24, 2.45) is 0 Å². The summed E-state index contributed by atoms with van der Waals surface area (Å²) in [6, 6.07) is 5.28. The van der Waals surface area contributed by atoms with Gasteiger partial charge >= 0.3 is 12.3 Å². The molecule has 0 bridgehead atoms. The van der Waals surface area contributed by atoms with Crippen molar-refractivity contribution in [1.29, 1.82) is 0 Å². The Morgan fingerprint density at radius 1 is 1.17 bits per heavy atom. The SMILES string of the molecule is CC(C)(C)OC(=O)n1c(Cn2cccc(N)c2=O)cc2cc(F)cc(C(F)(F)F)c21. The molecule has 1 aromatic carbocycles. The van der Waals surface area contributed by atoms with Gasteiger partial charge in [-0.1, -0.05) is 0 Å². The van der Waals surface area contributed by atoms with Crippen molar-refractivity contribution >= 4 is 22.7 Å². The van der Waals surface area contributed by atoms with Gasteiger partial charge in [-0.15, -0.1) is 0 Å². The van der Waals surface area contributed by atoms with Gasteiger partial charge in [-0.25, -0.2) is 13.8 Å². The van der Waals surface area contributed by atoms with E-state index >= 15 is 0 Å². The maximum Gasteiger partial charge on any atom is 0.419 e. The lowest BCUT2D eigenvalue weighted by molar-refractivity contribution is -0.136. The minimum absolute atomic E-state index is 0.00282. The molecule has 10 heteroatoms. The van der Waals surface area contributed by atoms with Gasteiger partial charge in [-0.3, -0.25) is 4.79 Å². The molecule has 0 fully saturated rings. The number of ether oxygens (including phenoxy) is 1. The van der Waals surface area contributed by atoms with Gasteiger partial charge in [0, 0.05) is 11.6 Å². The van der Waals surface area contributed by atoms with Crippen LogP contribution < -0.4 is 11.3 Å². The molecule has 0 saturated heterocycles. The van der Waals surface area contributed by atoms with Gasteiger partial charge in [0.15, 0.2) is 0 Å². The minimum atomic E-state index is -4.93. The van der Waals surface area contributed by atoms with Gasteiger partial charge in [0.05, 0.1) is 29.0 Å². The second-order valence-corrected chi connectivity index (χ2v) is 7.74. The van der Waals surface area contributed by atoms with E-state index in [4.69, 9.17) is 10.5 Å². The summed E-state index contributed by atoms with van der Waals surface area (Å²) in [7, 11) is 0. The third kappa shape index (κ3) is 4.17. The first-order valence-electron chi connectivity index (χ1n) is 8.87. The molecule has 3 aromatic rings. The number of rotatable bonds is 2. The smallest absolute Gasteiger partial charge is 0.419 e. The summed E-state index contributed by atoms with van der Waals surface area (Å²) in [5, 5.41) is -0.153. The lowest BCUT2D eigenvalue weighted by Crippen LogP contribution is -2.30. The topological polar surface area (TPSA) is 79.2 Å². The van der Waals surface area contributed by atoms with Crippen molar-refractivity contribution in [2.75, 3.05) is 5.73 Å². The maximum absolute atomic E-state index is 13.9. The third-order valence-electron chi connectivity index (χ3n) is 4.20. The number of anilines is 1. The molecule has 0 aliphatic rings. The Morgan fingerprint density at radius 2 is 1.83 bits per heavy atom. The highest BCUT2D eigenvalue weighted by molar-refractivity contribution is 5.93. The highest BCUT2D eigenvalue weighted by atomic mass is 19.4. The number of pyridine rings is 1. The van der Waals surface area contributed by atoms with Crippen LogP contribution in [0.2, 0.25) is 0 Å². The molecule has 0 amide bonds. The molecule has 6 nitrogen and oxygen atoms in total. The van der Waals surface area contributed by atoms with Crippen LogP contribution in [0.1, 0.15) is 32.0 Å². The number of hydrogen-bond acceptors (Lipinski definition) is 4. The molecule has 0 saturated carbocycles. The summed E-state index contributed by atoms with van der Waals surface area (Å²) in [5.41, 5.74) is 2.07. The van der Waals surface area contributed by atoms with Gasteiger partial charge in [-0.2, -0.15) is 13.2 Å². The highest BCUT2D eigenvalue weighted by Crippen LogP contribution is 2.37. The zero-order valence-corrected chi connectivity index (χ0v) is 16.4. The summed E-state index contributed by atoms with van der Waals surface area (Å²) in [6.07, 6.45) is -4.63. The second kappa shape index (κ2) is 7.19. The summed E-state index contributed by atoms with van der Waals surface area (Å²) in [4.78, 5) is 25.1. The number of fused-ring (bicyclic) bond motifs is 1. The van der Waals surface area contributed by atoms with Crippen LogP contribution in [0.4, 0.5) is 28.0 Å². The average Bonchev–Trinajstić information content (AvgIpc) is 2.93. The van der Waals surface area contributed by atoms with Gasteiger partial charge in [0.25, 0.3) is 5.56 Å². The molecule has 0 spiro atoms. The number of halogens is 4. The Hall–Kier alpha value is -3.30. The molecular weight excluding hydrogens is 406 g/mol. The first kappa shape index (κ1) is 21.4. The Bertz CT molecular complexity index is 1190. The molecule has 2 heterocycles. The lowest BCUT2D eigenvalue weighted by atomic mass is 10.1. The second-order valence-electron chi connectivity index (χ2n) is 7.74. The maximum atomic E-state index is 13.9. The van der Waals surface area contributed by atoms with E-state index in [0.29, 0.717) is 6.07 Å². The fourth-order valence-electron chi connectivity index (χ4n) is 3.07. The molecule has 0 radical (unpaired) electrons. The predicted octanol–water partition coefficient (Wildman–Crippen LogP) is 4.37. The van der Waals surface area contributed by atoms with Gasteiger partial charge in [0.1, 0.15) is 11.4 Å². The van der Waals surface area contributed by atoms with Gasteiger partial charge in [-0.05, 0) is 51.1 Å². The van der Waals surface area contributed by atoms with Gasteiger partial charge in [0.2, 0.25) is 0 Å². The molecule has 2 N–H and O–H groups in total. The van der Waals surface area contributed by atoms with Crippen LogP contribution in [-0.2, 0) is 17.5 Å². The summed E-state index contributed by atoms with van der Waals surface area (Å²) >= 11 is 0. The quantitative estimate of drug-likeness (QED) is 0.619. The van der Waals surface area contributed by atoms with E-state index in [-0.39, 0.29) is 23.3 Å². The van der Waals surface area contributed by atoms with Crippen LogP contribution in [0.5, 0.6) is 0 Å². The first-order valence-corrected chi connectivity index (χ1v) is 8.87. The molecule has 0 aliphatic heterocycles. The van der Waals surface area contributed by atoms with Crippen molar-refractivity contribution in [3.8, 4) is 0 Å². The van der Waals surface area contributed by atoms with E-state index in [2.05, 4.69) is 0 Å². The molecule has 30 heavy (non-hydrogen) atoms. The number of nitrogen functional groups attached to an aromatic ring is 1. The summed E-state index contributed by atoms with van der Waals surface area (Å²) in [5.74, 6) is -1.11. The number of alkyl halides is 3. The monoisotopic (exact) mass is 425 g/mol. The Morgan fingerprint density at radius 3 is 2.43 bits per heavy atom. The van der Waals surface area contributed by atoms with Gasteiger partial charge < -0.3 is 15.0 Å². The van der Waals surface area contributed by atoms with Crippen LogP contribution in [0.3, 0.4) is 0 Å². The number of benzene rings is 1. The van der Waals surface area contributed by atoms with Crippen LogP contribution in [-0.4, -0.2) is 20.8 Å². The zero-order valence-electron chi connectivity index (χ0n) is 16.4. The van der Waals surface area contributed by atoms with Crippen LogP contribution in [0.15, 0.2) is 41.3 Å². The van der Waals surface area contributed by atoms with E-state index in [1.807, 2.05) is 0 Å². The number of nitrogens with two attached hydrogens (primary N) is 1. The Kier molecular flexibility index (Phi) is 5.13. The standard InChI is InChI=1S/C20H19F4N3O3/c1-19(2,3)30-18(29)27-13(10-26-6-4-5-15(25)17(26)28)8-11-7-12(21)9-14(16(11)27)20(22,23)24/h4-9H,10,25H2,1-3H3. The van der Waals surface area contributed by atoms with Crippen LogP contribution in [0.25, 0.3) is 10.9 Å². The fraction of sp³-hybridized carbons (Fsp3) is 0.300. The molecule has 160 valence electrons. The van der Waals surface area contributed by atoms with Crippen molar-refractivity contribution < 1.29 is 27.1 Å². The summed E-state index contributed by atoms with van der Waals surface area (Å²) < 4.78 is 61.9. The zero-order chi connectivity index (χ0) is 22.4. The largest absolute Gasteiger partial charge is 0.443 e. The first-order chi connectivity index (χ1) is 13.8. The molecule has 0 aliphatic carbocycles. The number of hydrogen-bond donors (Lipinski definition) is 1. The number of nitrogens with zero attached hydrogens (tertiary/aromatic N) is 2. The summed E-state index contributed by atoms with van der Waals surface area (Å²) in [6.45, 7) is 4.39. The average molecular weight is 425 g/mol. The number of carbonyl (C=O) groups is 1. The number of aromatic nitrogens is 2. The van der Waals surface area contributed by atoms with E-state index in [1.54, 1.807) is 20.8 Å². The molecule has 3 rings (SSSR count). The molecular formula is C20H19F4N3O3. The highest BCUT2D eigenvalue weighted by Gasteiger charge is 2.36. The molecule has 2 aromatic heterocycles. The van der Waals surface area contributed by atoms with E-state index in [1.165, 1.54) is 24.4 Å². The minimum Gasteiger partial charge on any atom is -0.443 e. The fourth-order valence-corrected chi connectivity index (χ4v) is 3.07. The van der Waals surface area contributed by atoms with Crippen molar-refractivity contribution in [3.63, 3.8) is 0 Å². The lowest BCUT2D eigenvalue weighted by Gasteiger charge is -2.22. The van der Waals surface area contributed by atoms with E-state index in [9.17, 15) is 27.2 Å². The van der Waals surface area contributed by atoms with Crippen molar-refractivity contribution in [1.82, 2.24) is 9.13 Å². The predicted molar refractivity (Wildman–Crippen MR) is 103 cm³/mol. The van der Waals surface area contributed by atoms with E-state index < -0.39 is 40.3 Å². The van der Waals surface area contributed by atoms with Crippen molar-refractivity contribution in [2.45, 2.75) is 39.1 Å². The molecule has 0 unspecified atom stereocenters. The Labute approximate surface area is 168 Å².